The number of benzene rings is 2. The Morgan fingerprint density at radius 2 is 1.78 bits per heavy atom. The molecule has 0 saturated carbocycles. The number of hydrogen-bond acceptors (Lipinski definition) is 6. The van der Waals surface area contributed by atoms with Crippen LogP contribution in [0.2, 0.25) is 0 Å². The second-order valence-electron chi connectivity index (χ2n) is 7.48. The molecule has 4 aromatic rings. The van der Waals surface area contributed by atoms with Crippen LogP contribution in [0.3, 0.4) is 0 Å². The van der Waals surface area contributed by atoms with Crippen LogP contribution >= 0.6 is 0 Å². The van der Waals surface area contributed by atoms with Gasteiger partial charge < -0.3 is 19.7 Å². The monoisotopic (exact) mass is 435 g/mol. The highest BCUT2D eigenvalue weighted by atomic mass is 16.5. The maximum atomic E-state index is 12.6. The predicted octanol–water partition coefficient (Wildman–Crippen LogP) is 1.52. The maximum Gasteiger partial charge on any atom is 0.329 e. The fourth-order valence-electron chi connectivity index (χ4n) is 3.48. The standard InChI is InChI=1S/C23H25N5O4/c1-27-20-19(21(30)26-23(27)31)28(14-17(29)15-32-18-10-6-3-7-11-18)22(25-20)24-13-12-16-8-4-2-5-9-16/h2-11,17,29H,12-15H2,1H3,(H,24,25)(H,26,30,31)/t17-/m0/s1. The lowest BCUT2D eigenvalue weighted by atomic mass is 10.1. The summed E-state index contributed by atoms with van der Waals surface area (Å²) in [5.74, 6) is 1.05. The first-order valence-corrected chi connectivity index (χ1v) is 10.4. The second-order valence-corrected chi connectivity index (χ2v) is 7.48. The number of imidazole rings is 1. The van der Waals surface area contributed by atoms with E-state index in [-0.39, 0.29) is 24.3 Å². The summed E-state index contributed by atoms with van der Waals surface area (Å²) in [6.07, 6.45) is -0.155. The van der Waals surface area contributed by atoms with Crippen molar-refractivity contribution in [3.8, 4) is 5.75 Å². The number of anilines is 1. The highest BCUT2D eigenvalue weighted by Crippen LogP contribution is 2.17. The molecule has 2 aromatic carbocycles. The molecule has 2 heterocycles. The third-order valence-corrected chi connectivity index (χ3v) is 5.13. The Morgan fingerprint density at radius 1 is 1.09 bits per heavy atom. The van der Waals surface area contributed by atoms with Crippen molar-refractivity contribution in [3.63, 3.8) is 0 Å². The van der Waals surface area contributed by atoms with E-state index in [1.165, 1.54) is 4.57 Å². The molecule has 166 valence electrons. The molecule has 2 aromatic heterocycles. The SMILES string of the molecule is Cn1c(=O)[nH]c(=O)c2c1nc(NCCc1ccccc1)n2C[C@H](O)COc1ccccc1. The molecule has 0 fully saturated rings. The van der Waals surface area contributed by atoms with Gasteiger partial charge >= 0.3 is 5.69 Å². The molecule has 0 radical (unpaired) electrons. The number of aryl methyl sites for hydroxylation is 1. The summed E-state index contributed by atoms with van der Waals surface area (Å²) in [4.78, 5) is 31.4. The van der Waals surface area contributed by atoms with Gasteiger partial charge in [-0.15, -0.1) is 0 Å². The van der Waals surface area contributed by atoms with Crippen molar-refractivity contribution >= 4 is 17.1 Å². The zero-order chi connectivity index (χ0) is 22.5. The van der Waals surface area contributed by atoms with Crippen LogP contribution in [-0.4, -0.2) is 43.5 Å². The van der Waals surface area contributed by atoms with Gasteiger partial charge in [-0.25, -0.2) is 4.79 Å². The van der Waals surface area contributed by atoms with Crippen molar-refractivity contribution in [3.05, 3.63) is 87.1 Å². The molecule has 0 aliphatic rings. The zero-order valence-electron chi connectivity index (χ0n) is 17.7. The molecular weight excluding hydrogens is 410 g/mol. The average molecular weight is 435 g/mol. The number of aromatic amines is 1. The quantitative estimate of drug-likeness (QED) is 0.367. The van der Waals surface area contributed by atoms with E-state index in [1.54, 1.807) is 23.7 Å². The van der Waals surface area contributed by atoms with Gasteiger partial charge in [0.05, 0.1) is 6.54 Å². The van der Waals surface area contributed by atoms with E-state index in [0.717, 1.165) is 12.0 Å². The second kappa shape index (κ2) is 9.52. The van der Waals surface area contributed by atoms with Gasteiger partial charge in [0.1, 0.15) is 18.5 Å². The van der Waals surface area contributed by atoms with Crippen molar-refractivity contribution in [2.75, 3.05) is 18.5 Å². The Kier molecular flexibility index (Phi) is 6.37. The third-order valence-electron chi connectivity index (χ3n) is 5.13. The molecular formula is C23H25N5O4. The van der Waals surface area contributed by atoms with E-state index >= 15 is 0 Å². The van der Waals surface area contributed by atoms with Gasteiger partial charge in [0.25, 0.3) is 5.56 Å². The number of nitrogens with one attached hydrogen (secondary N) is 2. The van der Waals surface area contributed by atoms with Crippen LogP contribution in [0.15, 0.2) is 70.3 Å². The minimum absolute atomic E-state index is 0.0385. The van der Waals surface area contributed by atoms with Crippen LogP contribution in [-0.2, 0) is 20.0 Å². The van der Waals surface area contributed by atoms with Gasteiger partial charge in [0.2, 0.25) is 5.95 Å². The fraction of sp³-hybridized carbons (Fsp3) is 0.261. The average Bonchev–Trinajstić information content (AvgIpc) is 3.16. The van der Waals surface area contributed by atoms with Gasteiger partial charge in [-0.2, -0.15) is 4.98 Å². The van der Waals surface area contributed by atoms with Crippen LogP contribution in [0.4, 0.5) is 5.95 Å². The van der Waals surface area contributed by atoms with Gasteiger partial charge in [-0.1, -0.05) is 48.5 Å². The molecule has 3 N–H and O–H groups in total. The summed E-state index contributed by atoms with van der Waals surface area (Å²) in [6, 6.07) is 19.2. The van der Waals surface area contributed by atoms with Crippen molar-refractivity contribution in [2.24, 2.45) is 7.05 Å². The molecule has 0 unspecified atom stereocenters. The molecule has 9 heteroatoms. The smallest absolute Gasteiger partial charge is 0.329 e. The van der Waals surface area contributed by atoms with E-state index in [4.69, 9.17) is 4.74 Å². The number of nitrogens with zero attached hydrogens (tertiary/aromatic N) is 3. The number of fused-ring (bicyclic) bond motifs is 1. The minimum atomic E-state index is -0.904. The fourth-order valence-corrected chi connectivity index (χ4v) is 3.48. The molecule has 0 spiro atoms. The third kappa shape index (κ3) is 4.73. The van der Waals surface area contributed by atoms with Gasteiger partial charge in [-0.3, -0.25) is 14.3 Å². The lowest BCUT2D eigenvalue weighted by molar-refractivity contribution is 0.0938. The first-order chi connectivity index (χ1) is 15.5. The Bertz CT molecular complexity index is 1300. The Labute approximate surface area is 183 Å². The Hall–Kier alpha value is -3.85. The first kappa shape index (κ1) is 21.4. The number of aliphatic hydroxyl groups excluding tert-OH is 1. The van der Waals surface area contributed by atoms with E-state index in [2.05, 4.69) is 15.3 Å². The van der Waals surface area contributed by atoms with E-state index in [0.29, 0.717) is 18.2 Å². The molecule has 0 amide bonds. The lowest BCUT2D eigenvalue weighted by Gasteiger charge is -2.16. The van der Waals surface area contributed by atoms with E-state index < -0.39 is 17.4 Å². The summed E-state index contributed by atoms with van der Waals surface area (Å²) in [7, 11) is 1.54. The molecule has 0 bridgehead atoms. The van der Waals surface area contributed by atoms with Crippen molar-refractivity contribution in [1.29, 1.82) is 0 Å². The zero-order valence-corrected chi connectivity index (χ0v) is 17.7. The van der Waals surface area contributed by atoms with Crippen molar-refractivity contribution < 1.29 is 9.84 Å². The highest BCUT2D eigenvalue weighted by Gasteiger charge is 2.19. The van der Waals surface area contributed by atoms with Crippen LogP contribution in [0.5, 0.6) is 5.75 Å². The summed E-state index contributed by atoms with van der Waals surface area (Å²) >= 11 is 0. The van der Waals surface area contributed by atoms with Crippen molar-refractivity contribution in [2.45, 2.75) is 19.1 Å². The van der Waals surface area contributed by atoms with Gasteiger partial charge in [0.15, 0.2) is 11.2 Å². The molecule has 0 aliphatic carbocycles. The van der Waals surface area contributed by atoms with Crippen LogP contribution in [0.1, 0.15) is 5.56 Å². The molecule has 0 saturated heterocycles. The summed E-state index contributed by atoms with van der Waals surface area (Å²) < 4.78 is 8.51. The Balaban J connectivity index is 1.58. The van der Waals surface area contributed by atoms with Crippen molar-refractivity contribution in [1.82, 2.24) is 19.1 Å². The van der Waals surface area contributed by atoms with Crippen LogP contribution in [0.25, 0.3) is 11.2 Å². The molecule has 9 nitrogen and oxygen atoms in total. The van der Waals surface area contributed by atoms with Gasteiger partial charge in [0, 0.05) is 13.6 Å². The number of aliphatic hydroxyl groups is 1. The summed E-state index contributed by atoms with van der Waals surface area (Å²) in [5.41, 5.74) is 0.522. The molecule has 1 atom stereocenters. The summed E-state index contributed by atoms with van der Waals surface area (Å²) in [5, 5.41) is 13.8. The number of H-pyrrole nitrogens is 1. The summed E-state index contributed by atoms with van der Waals surface area (Å²) in [6.45, 7) is 0.672. The number of rotatable bonds is 9. The normalized spacial score (nSPS) is 12.1. The van der Waals surface area contributed by atoms with Gasteiger partial charge in [-0.05, 0) is 24.1 Å². The largest absolute Gasteiger partial charge is 0.491 e. The van der Waals surface area contributed by atoms with E-state index in [9.17, 15) is 14.7 Å². The minimum Gasteiger partial charge on any atom is -0.491 e. The number of hydrogen-bond donors (Lipinski definition) is 3. The predicted molar refractivity (Wildman–Crippen MR) is 122 cm³/mol. The van der Waals surface area contributed by atoms with Crippen LogP contribution < -0.4 is 21.3 Å². The number of aromatic nitrogens is 4. The Morgan fingerprint density at radius 3 is 2.50 bits per heavy atom. The molecule has 4 rings (SSSR count). The highest BCUT2D eigenvalue weighted by molar-refractivity contribution is 5.74. The topological polar surface area (TPSA) is 114 Å². The lowest BCUT2D eigenvalue weighted by Crippen LogP contribution is -2.31. The molecule has 32 heavy (non-hydrogen) atoms. The number of ether oxygens (including phenoxy) is 1. The van der Waals surface area contributed by atoms with Crippen LogP contribution in [0, 0.1) is 0 Å². The molecule has 0 aliphatic heterocycles. The van der Waals surface area contributed by atoms with E-state index in [1.807, 2.05) is 48.5 Å². The first-order valence-electron chi connectivity index (χ1n) is 10.4. The maximum absolute atomic E-state index is 12.6. The number of para-hydroxylation sites is 1.